The van der Waals surface area contributed by atoms with Gasteiger partial charge in [-0.15, -0.1) is 0 Å². The van der Waals surface area contributed by atoms with Crippen molar-refractivity contribution < 1.29 is 4.42 Å². The molecular weight excluding hydrogens is 413 g/mol. The molecule has 1 aromatic carbocycles. The molecule has 0 aliphatic carbocycles. The van der Waals surface area contributed by atoms with Crippen LogP contribution in [0, 0.1) is 0 Å². The summed E-state index contributed by atoms with van der Waals surface area (Å²) >= 11 is 18.2. The molecule has 0 amide bonds. The number of nitrogens with one attached hydrogen (secondary N) is 1. The lowest BCUT2D eigenvalue weighted by Gasteiger charge is -2.29. The molecule has 3 aromatic rings. The average Bonchev–Trinajstić information content (AvgIpc) is 3.29. The fourth-order valence-electron chi connectivity index (χ4n) is 3.58. The zero-order valence-electron chi connectivity index (χ0n) is 15.4. The minimum absolute atomic E-state index is 0.107. The Morgan fingerprint density at radius 3 is 2.64 bits per heavy atom. The molecule has 144 valence electrons. The molecule has 0 saturated carbocycles. The second-order valence-corrected chi connectivity index (χ2v) is 8.10. The molecule has 1 aliphatic rings. The first-order chi connectivity index (χ1) is 13.5. The van der Waals surface area contributed by atoms with Crippen LogP contribution in [0.2, 0.25) is 10.0 Å². The van der Waals surface area contributed by atoms with Gasteiger partial charge in [-0.25, -0.2) is 0 Å². The van der Waals surface area contributed by atoms with Crippen molar-refractivity contribution in [3.8, 4) is 11.3 Å². The summed E-state index contributed by atoms with van der Waals surface area (Å²) < 4.78 is 6.26. The highest BCUT2D eigenvalue weighted by Gasteiger charge is 2.42. The number of benzene rings is 1. The Balaban J connectivity index is 1.77. The quantitative estimate of drug-likeness (QED) is 0.510. The third kappa shape index (κ3) is 3.39. The maximum Gasteiger partial charge on any atom is 0.170 e. The first-order valence-corrected chi connectivity index (χ1v) is 10.2. The number of halogens is 2. The lowest BCUT2D eigenvalue weighted by atomic mass is 10.0. The first kappa shape index (κ1) is 19.2. The van der Waals surface area contributed by atoms with Crippen LogP contribution in [-0.4, -0.2) is 21.0 Å². The predicted molar refractivity (Wildman–Crippen MR) is 117 cm³/mol. The Kier molecular flexibility index (Phi) is 5.32. The highest BCUT2D eigenvalue weighted by Crippen LogP contribution is 2.42. The minimum Gasteiger partial charge on any atom is -0.459 e. The molecule has 2 aromatic heterocycles. The fourth-order valence-corrected chi connectivity index (χ4v) is 4.42. The van der Waals surface area contributed by atoms with E-state index in [1.807, 2.05) is 42.5 Å². The van der Waals surface area contributed by atoms with Crippen molar-refractivity contribution in [3.63, 3.8) is 0 Å². The summed E-state index contributed by atoms with van der Waals surface area (Å²) in [5.74, 6) is 1.46. The zero-order chi connectivity index (χ0) is 19.8. The number of nitrogens with zero attached hydrogens (tertiary/aromatic N) is 2. The molecule has 1 fully saturated rings. The van der Waals surface area contributed by atoms with E-state index >= 15 is 0 Å². The molecule has 0 spiro atoms. The molecular formula is C21H19Cl2N3OS. The molecule has 1 aliphatic heterocycles. The van der Waals surface area contributed by atoms with Gasteiger partial charge in [0.25, 0.3) is 0 Å². The number of pyridine rings is 1. The number of hydrogen-bond acceptors (Lipinski definition) is 3. The van der Waals surface area contributed by atoms with Gasteiger partial charge in [0.2, 0.25) is 0 Å². The maximum atomic E-state index is 6.38. The van der Waals surface area contributed by atoms with Crippen LogP contribution < -0.4 is 5.32 Å². The minimum atomic E-state index is -0.117. The zero-order valence-corrected chi connectivity index (χ0v) is 17.7. The Labute approximate surface area is 179 Å². The second kappa shape index (κ2) is 7.74. The number of aromatic nitrogens is 1. The number of furan rings is 1. The van der Waals surface area contributed by atoms with E-state index in [0.29, 0.717) is 20.9 Å². The van der Waals surface area contributed by atoms with Crippen molar-refractivity contribution in [2.75, 3.05) is 0 Å². The second-order valence-electron chi connectivity index (χ2n) is 6.93. The van der Waals surface area contributed by atoms with Crippen LogP contribution >= 0.6 is 35.4 Å². The van der Waals surface area contributed by atoms with Gasteiger partial charge in [-0.1, -0.05) is 35.3 Å². The van der Waals surface area contributed by atoms with Gasteiger partial charge in [0.15, 0.2) is 5.11 Å². The van der Waals surface area contributed by atoms with Crippen molar-refractivity contribution in [3.05, 3.63) is 76.2 Å². The summed E-state index contributed by atoms with van der Waals surface area (Å²) in [5.41, 5.74) is 1.68. The molecule has 28 heavy (non-hydrogen) atoms. The standard InChI is InChI=1S/C21H19Cl2N3OS/c1-12(2)26-20(19(25-21(26)28)15-8-3-4-11-24-15)17-10-9-16(27-17)13-6-5-7-14(22)18(13)23/h3-12,19-20H,1-2H3,(H,25,28). The van der Waals surface area contributed by atoms with Gasteiger partial charge in [0, 0.05) is 17.8 Å². The number of thiocarbonyl (C=S) groups is 1. The lowest BCUT2D eigenvalue weighted by molar-refractivity contribution is 0.237. The van der Waals surface area contributed by atoms with E-state index in [2.05, 4.69) is 29.0 Å². The molecule has 4 nitrogen and oxygen atoms in total. The molecule has 0 bridgehead atoms. The topological polar surface area (TPSA) is 41.3 Å². The maximum absolute atomic E-state index is 6.38. The van der Waals surface area contributed by atoms with Crippen LogP contribution in [0.4, 0.5) is 0 Å². The smallest absolute Gasteiger partial charge is 0.170 e. The fraction of sp³-hybridized carbons (Fsp3) is 0.238. The van der Waals surface area contributed by atoms with E-state index in [9.17, 15) is 0 Å². The van der Waals surface area contributed by atoms with Crippen LogP contribution in [-0.2, 0) is 0 Å². The van der Waals surface area contributed by atoms with Crippen LogP contribution in [0.1, 0.15) is 37.4 Å². The lowest BCUT2D eigenvalue weighted by Crippen LogP contribution is -2.35. The Bertz CT molecular complexity index is 1010. The largest absolute Gasteiger partial charge is 0.459 e. The summed E-state index contributed by atoms with van der Waals surface area (Å²) in [6, 6.07) is 15.2. The normalized spacial score (nSPS) is 19.3. The summed E-state index contributed by atoms with van der Waals surface area (Å²) in [7, 11) is 0. The number of rotatable bonds is 4. The highest BCUT2D eigenvalue weighted by atomic mass is 35.5. The molecule has 3 heterocycles. The Morgan fingerprint density at radius 1 is 1.11 bits per heavy atom. The van der Waals surface area contributed by atoms with Crippen LogP contribution in [0.15, 0.2) is 59.1 Å². The Morgan fingerprint density at radius 2 is 1.93 bits per heavy atom. The molecule has 2 unspecified atom stereocenters. The SMILES string of the molecule is CC(C)N1C(=S)NC(c2ccccn2)C1c1ccc(-c2cccc(Cl)c2Cl)o1. The van der Waals surface area contributed by atoms with Gasteiger partial charge < -0.3 is 14.6 Å². The molecule has 1 N–H and O–H groups in total. The van der Waals surface area contributed by atoms with E-state index in [4.69, 9.17) is 39.8 Å². The van der Waals surface area contributed by atoms with Gasteiger partial charge in [-0.2, -0.15) is 0 Å². The van der Waals surface area contributed by atoms with E-state index < -0.39 is 0 Å². The van der Waals surface area contributed by atoms with Crippen molar-refractivity contribution in [2.24, 2.45) is 0 Å². The third-order valence-corrected chi connectivity index (χ3v) is 5.97. The molecule has 0 radical (unpaired) electrons. The predicted octanol–water partition coefficient (Wildman–Crippen LogP) is 6.03. The van der Waals surface area contributed by atoms with Gasteiger partial charge in [-0.05, 0) is 62.5 Å². The number of hydrogen-bond donors (Lipinski definition) is 1. The monoisotopic (exact) mass is 431 g/mol. The van der Waals surface area contributed by atoms with E-state index in [0.717, 1.165) is 17.0 Å². The van der Waals surface area contributed by atoms with Gasteiger partial charge in [-0.3, -0.25) is 4.98 Å². The van der Waals surface area contributed by atoms with Crippen LogP contribution in [0.5, 0.6) is 0 Å². The highest BCUT2D eigenvalue weighted by molar-refractivity contribution is 7.80. The van der Waals surface area contributed by atoms with Crippen molar-refractivity contribution >= 4 is 40.5 Å². The van der Waals surface area contributed by atoms with Gasteiger partial charge >= 0.3 is 0 Å². The molecule has 1 saturated heterocycles. The van der Waals surface area contributed by atoms with Crippen LogP contribution in [0.25, 0.3) is 11.3 Å². The Hall–Kier alpha value is -2.08. The van der Waals surface area contributed by atoms with E-state index in [-0.39, 0.29) is 18.1 Å². The van der Waals surface area contributed by atoms with Crippen molar-refractivity contribution in [1.29, 1.82) is 0 Å². The van der Waals surface area contributed by atoms with Crippen LogP contribution in [0.3, 0.4) is 0 Å². The third-order valence-electron chi connectivity index (χ3n) is 4.83. The van der Waals surface area contributed by atoms with E-state index in [1.165, 1.54) is 0 Å². The molecule has 2 atom stereocenters. The van der Waals surface area contributed by atoms with Crippen molar-refractivity contribution in [2.45, 2.75) is 32.0 Å². The van der Waals surface area contributed by atoms with E-state index in [1.54, 1.807) is 12.3 Å². The van der Waals surface area contributed by atoms with Crippen molar-refractivity contribution in [1.82, 2.24) is 15.2 Å². The summed E-state index contributed by atoms with van der Waals surface area (Å²) in [4.78, 5) is 6.68. The summed E-state index contributed by atoms with van der Waals surface area (Å²) in [5, 5.41) is 5.07. The van der Waals surface area contributed by atoms with Gasteiger partial charge in [0.1, 0.15) is 17.6 Å². The summed E-state index contributed by atoms with van der Waals surface area (Å²) in [6.45, 7) is 4.22. The average molecular weight is 432 g/mol. The molecule has 7 heteroatoms. The van der Waals surface area contributed by atoms with Gasteiger partial charge in [0.05, 0.1) is 21.8 Å². The summed E-state index contributed by atoms with van der Waals surface area (Å²) in [6.07, 6.45) is 1.79. The molecule has 4 rings (SSSR count). The first-order valence-electron chi connectivity index (χ1n) is 9.01.